The Balaban J connectivity index is 1.28. The van der Waals surface area contributed by atoms with E-state index < -0.39 is 0 Å². The van der Waals surface area contributed by atoms with E-state index in [2.05, 4.69) is 16.3 Å². The topological polar surface area (TPSA) is 68.2 Å². The second-order valence-electron chi connectivity index (χ2n) is 7.96. The smallest absolute Gasteiger partial charge is 0.237 e. The number of thiazole rings is 1. The number of benzene rings is 2. The maximum absolute atomic E-state index is 12.9. The van der Waals surface area contributed by atoms with E-state index in [0.29, 0.717) is 5.75 Å². The summed E-state index contributed by atoms with van der Waals surface area (Å²) in [4.78, 5) is 20.5. The van der Waals surface area contributed by atoms with Crippen LogP contribution in [0.5, 0.6) is 5.75 Å². The lowest BCUT2D eigenvalue weighted by Crippen LogP contribution is -2.36. The summed E-state index contributed by atoms with van der Waals surface area (Å²) >= 11 is 2.99. The van der Waals surface area contributed by atoms with Gasteiger partial charge in [-0.1, -0.05) is 42.1 Å². The molecule has 6 nitrogen and oxygen atoms in total. The first-order chi connectivity index (χ1) is 16.6. The molecule has 0 saturated heterocycles. The van der Waals surface area contributed by atoms with Crippen LogP contribution in [0, 0.1) is 6.92 Å². The van der Waals surface area contributed by atoms with E-state index in [-0.39, 0.29) is 5.91 Å². The average molecular weight is 489 g/mol. The number of aromatic nitrogens is 3. The zero-order valence-electron chi connectivity index (χ0n) is 19.0. The van der Waals surface area contributed by atoms with E-state index >= 15 is 0 Å². The molecule has 0 N–H and O–H groups in total. The van der Waals surface area contributed by atoms with E-state index in [0.717, 1.165) is 62.7 Å². The van der Waals surface area contributed by atoms with Gasteiger partial charge in [0.05, 0.1) is 29.0 Å². The van der Waals surface area contributed by atoms with E-state index in [1.165, 1.54) is 17.3 Å². The van der Waals surface area contributed by atoms with Crippen molar-refractivity contribution in [1.29, 1.82) is 0 Å². The predicted octanol–water partition coefficient (Wildman–Crippen LogP) is 5.66. The highest BCUT2D eigenvalue weighted by Gasteiger charge is 2.22. The van der Waals surface area contributed by atoms with Crippen molar-refractivity contribution in [3.05, 3.63) is 71.9 Å². The van der Waals surface area contributed by atoms with Crippen LogP contribution in [0.2, 0.25) is 0 Å². The van der Waals surface area contributed by atoms with E-state index in [4.69, 9.17) is 9.72 Å². The molecule has 0 unspecified atom stereocenters. The van der Waals surface area contributed by atoms with Gasteiger partial charge in [-0.2, -0.15) is 0 Å². The quantitative estimate of drug-likeness (QED) is 0.327. The minimum absolute atomic E-state index is 0.0998. The number of methoxy groups -OCH3 is 1. The maximum Gasteiger partial charge on any atom is 0.237 e. The molecule has 4 aromatic rings. The van der Waals surface area contributed by atoms with Crippen LogP contribution in [0.4, 0.5) is 5.69 Å². The second kappa shape index (κ2) is 9.95. The number of carbonyl (C=O) groups is 1. The molecule has 1 aliphatic rings. The highest BCUT2D eigenvalue weighted by Crippen LogP contribution is 2.38. The van der Waals surface area contributed by atoms with Crippen molar-refractivity contribution in [3.63, 3.8) is 0 Å². The molecule has 0 fully saturated rings. The fourth-order valence-electron chi connectivity index (χ4n) is 4.09. The number of amides is 1. The fraction of sp³-hybridized carbons (Fsp3) is 0.231. The van der Waals surface area contributed by atoms with Crippen LogP contribution >= 0.6 is 23.1 Å². The minimum Gasteiger partial charge on any atom is -0.496 e. The highest BCUT2D eigenvalue weighted by molar-refractivity contribution is 7.99. The van der Waals surface area contributed by atoms with Crippen molar-refractivity contribution in [2.75, 3.05) is 24.3 Å². The first-order valence-electron chi connectivity index (χ1n) is 11.1. The van der Waals surface area contributed by atoms with Crippen molar-refractivity contribution in [3.8, 4) is 26.9 Å². The first kappa shape index (κ1) is 22.6. The van der Waals surface area contributed by atoms with Gasteiger partial charge >= 0.3 is 0 Å². The van der Waals surface area contributed by atoms with E-state index in [9.17, 15) is 4.79 Å². The number of hydrogen-bond acceptors (Lipinski definition) is 7. The first-order valence-corrected chi connectivity index (χ1v) is 12.9. The fourth-order valence-corrected chi connectivity index (χ4v) is 5.85. The van der Waals surface area contributed by atoms with Crippen LogP contribution in [-0.2, 0) is 11.2 Å². The summed E-state index contributed by atoms with van der Waals surface area (Å²) in [5.41, 5.74) is 4.91. The Labute approximate surface area is 207 Å². The molecule has 0 atom stereocenters. The number of ether oxygens (including phenoxy) is 1. The van der Waals surface area contributed by atoms with Gasteiger partial charge in [0.2, 0.25) is 5.91 Å². The molecule has 2 aromatic heterocycles. The largest absolute Gasteiger partial charge is 0.496 e. The van der Waals surface area contributed by atoms with Gasteiger partial charge in [0, 0.05) is 12.2 Å². The maximum atomic E-state index is 12.9. The normalized spacial score (nSPS) is 12.9. The number of fused-ring (bicyclic) bond motifs is 1. The van der Waals surface area contributed by atoms with Crippen LogP contribution in [0.3, 0.4) is 0 Å². The summed E-state index contributed by atoms with van der Waals surface area (Å²) < 4.78 is 5.48. The van der Waals surface area contributed by atoms with E-state index in [1.807, 2.05) is 66.4 Å². The lowest BCUT2D eigenvalue weighted by molar-refractivity contribution is -0.116. The van der Waals surface area contributed by atoms with Crippen LogP contribution in [0.1, 0.15) is 17.7 Å². The highest BCUT2D eigenvalue weighted by atomic mass is 32.2. The molecule has 0 saturated carbocycles. The molecular weight excluding hydrogens is 464 g/mol. The zero-order chi connectivity index (χ0) is 23.5. The van der Waals surface area contributed by atoms with Crippen LogP contribution < -0.4 is 9.64 Å². The number of nitrogens with zero attached hydrogens (tertiary/aromatic N) is 4. The van der Waals surface area contributed by atoms with Gasteiger partial charge in [0.25, 0.3) is 0 Å². The number of para-hydroxylation sites is 2. The Morgan fingerprint density at radius 2 is 1.91 bits per heavy atom. The molecule has 172 valence electrons. The summed E-state index contributed by atoms with van der Waals surface area (Å²) in [6, 6.07) is 19.9. The summed E-state index contributed by atoms with van der Waals surface area (Å²) in [6.07, 6.45) is 2.02. The standard InChI is InChI=1S/C26H24N4O2S2/c1-17-25(34-26(27-17)19-10-4-6-12-22(19)32-2)20-13-14-23(29-28-20)33-16-24(31)30-15-7-9-18-8-3-5-11-21(18)30/h3-6,8,10-14H,7,9,15-16H2,1-2H3. The molecule has 1 amide bonds. The Kier molecular flexibility index (Phi) is 6.60. The SMILES string of the molecule is COc1ccccc1-c1nc(C)c(-c2ccc(SCC(=O)N3CCCc4ccccc43)nn2)s1. The van der Waals surface area contributed by atoms with Gasteiger partial charge < -0.3 is 9.64 Å². The second-order valence-corrected chi connectivity index (χ2v) is 9.95. The van der Waals surface area contributed by atoms with Crippen molar-refractivity contribution >= 4 is 34.7 Å². The number of hydrogen-bond donors (Lipinski definition) is 0. The van der Waals surface area contributed by atoms with Crippen LogP contribution in [0.25, 0.3) is 21.1 Å². The van der Waals surface area contributed by atoms with Gasteiger partial charge in [-0.3, -0.25) is 4.79 Å². The molecule has 2 aromatic carbocycles. The van der Waals surface area contributed by atoms with Gasteiger partial charge in [-0.15, -0.1) is 21.5 Å². The molecule has 3 heterocycles. The summed E-state index contributed by atoms with van der Waals surface area (Å²) in [6.45, 7) is 2.74. The van der Waals surface area contributed by atoms with Crippen molar-refractivity contribution in [1.82, 2.24) is 15.2 Å². The molecule has 8 heteroatoms. The number of rotatable bonds is 6. The number of anilines is 1. The summed E-state index contributed by atoms with van der Waals surface area (Å²) in [7, 11) is 1.66. The van der Waals surface area contributed by atoms with Crippen LogP contribution in [0.15, 0.2) is 65.7 Å². The van der Waals surface area contributed by atoms with Gasteiger partial charge in [0.1, 0.15) is 21.5 Å². The Bertz CT molecular complexity index is 1320. The van der Waals surface area contributed by atoms with Gasteiger partial charge in [-0.25, -0.2) is 4.98 Å². The molecule has 0 aliphatic carbocycles. The van der Waals surface area contributed by atoms with Crippen molar-refractivity contribution in [2.24, 2.45) is 0 Å². The Morgan fingerprint density at radius 3 is 2.74 bits per heavy atom. The van der Waals surface area contributed by atoms with Gasteiger partial charge in [-0.05, 0) is 55.7 Å². The van der Waals surface area contributed by atoms with Crippen LogP contribution in [-0.4, -0.2) is 40.5 Å². The summed E-state index contributed by atoms with van der Waals surface area (Å²) in [5.74, 6) is 1.23. The third-order valence-corrected chi connectivity index (χ3v) is 7.88. The minimum atomic E-state index is 0.0998. The average Bonchev–Trinajstić information content (AvgIpc) is 3.28. The molecule has 0 spiro atoms. The van der Waals surface area contributed by atoms with Crippen molar-refractivity contribution < 1.29 is 9.53 Å². The molecule has 1 aliphatic heterocycles. The predicted molar refractivity (Wildman–Crippen MR) is 138 cm³/mol. The Morgan fingerprint density at radius 1 is 1.09 bits per heavy atom. The number of aryl methyl sites for hydroxylation is 2. The van der Waals surface area contributed by atoms with E-state index in [1.54, 1.807) is 18.4 Å². The monoisotopic (exact) mass is 488 g/mol. The lowest BCUT2D eigenvalue weighted by Gasteiger charge is -2.29. The number of carbonyl (C=O) groups excluding carboxylic acids is 1. The molecular formula is C26H24N4O2S2. The number of thioether (sulfide) groups is 1. The Hall–Kier alpha value is -3.23. The molecule has 0 bridgehead atoms. The third-order valence-electron chi connectivity index (χ3n) is 5.76. The molecule has 34 heavy (non-hydrogen) atoms. The third kappa shape index (κ3) is 4.56. The summed E-state index contributed by atoms with van der Waals surface area (Å²) in [5, 5.41) is 10.4. The molecule has 0 radical (unpaired) electrons. The van der Waals surface area contributed by atoms with Gasteiger partial charge in [0.15, 0.2) is 0 Å². The zero-order valence-corrected chi connectivity index (χ0v) is 20.7. The molecule has 5 rings (SSSR count). The van der Waals surface area contributed by atoms with Crippen molar-refractivity contribution in [2.45, 2.75) is 24.8 Å². The lowest BCUT2D eigenvalue weighted by atomic mass is 10.0.